The third-order valence-corrected chi connectivity index (χ3v) is 3.66. The Morgan fingerprint density at radius 3 is 2.78 bits per heavy atom. The molecule has 4 heteroatoms. The van der Waals surface area contributed by atoms with Crippen LogP contribution in [0.25, 0.3) is 21.7 Å². The highest BCUT2D eigenvalue weighted by Crippen LogP contribution is 2.21. The molecular formula is C14H11BrN2O. The van der Waals surface area contributed by atoms with E-state index >= 15 is 0 Å². The summed E-state index contributed by atoms with van der Waals surface area (Å²) in [6.45, 7) is 1.84. The first kappa shape index (κ1) is 11.4. The Labute approximate surface area is 112 Å². The summed E-state index contributed by atoms with van der Waals surface area (Å²) < 4.78 is 1.63. The Balaban J connectivity index is 2.61. The van der Waals surface area contributed by atoms with Crippen LogP contribution in [0.5, 0.6) is 0 Å². The van der Waals surface area contributed by atoms with Crippen molar-refractivity contribution in [2.24, 2.45) is 0 Å². The van der Waals surface area contributed by atoms with E-state index in [0.717, 1.165) is 22.1 Å². The van der Waals surface area contributed by atoms with E-state index in [-0.39, 0.29) is 5.56 Å². The fraction of sp³-hybridized carbons (Fsp3) is 0.143. The van der Waals surface area contributed by atoms with E-state index in [1.807, 2.05) is 43.3 Å². The first-order chi connectivity index (χ1) is 8.72. The number of benzene rings is 2. The molecule has 18 heavy (non-hydrogen) atoms. The smallest absolute Gasteiger partial charge is 0.262 e. The molecule has 0 spiro atoms. The third kappa shape index (κ3) is 1.56. The van der Waals surface area contributed by atoms with Gasteiger partial charge in [-0.1, -0.05) is 46.3 Å². The molecule has 0 amide bonds. The van der Waals surface area contributed by atoms with E-state index in [2.05, 4.69) is 20.9 Å². The molecule has 0 aliphatic rings. The SMILES string of the molecule is Cc1nc2ccc3ccccc3c2c(=O)n1CBr. The Morgan fingerprint density at radius 2 is 2.00 bits per heavy atom. The van der Waals surface area contributed by atoms with Gasteiger partial charge in [-0.3, -0.25) is 9.36 Å². The average molecular weight is 303 g/mol. The Kier molecular flexibility index (Phi) is 2.67. The van der Waals surface area contributed by atoms with Crippen LogP contribution in [-0.4, -0.2) is 9.55 Å². The number of aromatic nitrogens is 2. The molecule has 90 valence electrons. The molecule has 0 aliphatic heterocycles. The van der Waals surface area contributed by atoms with Crippen LogP contribution in [0.15, 0.2) is 41.2 Å². The van der Waals surface area contributed by atoms with E-state index in [1.165, 1.54) is 0 Å². The minimum absolute atomic E-state index is 0.00572. The molecule has 0 saturated heterocycles. The second kappa shape index (κ2) is 4.21. The molecule has 0 N–H and O–H groups in total. The maximum absolute atomic E-state index is 12.5. The topological polar surface area (TPSA) is 34.9 Å². The second-order valence-electron chi connectivity index (χ2n) is 4.19. The first-order valence-corrected chi connectivity index (χ1v) is 6.79. The van der Waals surface area contributed by atoms with Crippen molar-refractivity contribution >= 4 is 37.6 Å². The summed E-state index contributed by atoms with van der Waals surface area (Å²) in [5, 5.41) is 2.72. The molecule has 1 heterocycles. The molecule has 0 aliphatic carbocycles. The van der Waals surface area contributed by atoms with Crippen LogP contribution in [0.4, 0.5) is 0 Å². The van der Waals surface area contributed by atoms with E-state index < -0.39 is 0 Å². The lowest BCUT2D eigenvalue weighted by atomic mass is 10.1. The van der Waals surface area contributed by atoms with Gasteiger partial charge >= 0.3 is 0 Å². The van der Waals surface area contributed by atoms with Crippen LogP contribution in [-0.2, 0) is 5.45 Å². The van der Waals surface area contributed by atoms with Crippen LogP contribution in [0.1, 0.15) is 5.82 Å². The molecule has 2 aromatic carbocycles. The zero-order valence-corrected chi connectivity index (χ0v) is 11.4. The average Bonchev–Trinajstić information content (AvgIpc) is 2.38. The monoisotopic (exact) mass is 302 g/mol. The number of aryl methyl sites for hydroxylation is 1. The van der Waals surface area contributed by atoms with Crippen molar-refractivity contribution in [3.8, 4) is 0 Å². The van der Waals surface area contributed by atoms with E-state index in [0.29, 0.717) is 10.8 Å². The fourth-order valence-corrected chi connectivity index (χ4v) is 2.83. The van der Waals surface area contributed by atoms with Crippen molar-refractivity contribution < 1.29 is 0 Å². The number of halogens is 1. The molecule has 3 rings (SSSR count). The number of hydrogen-bond donors (Lipinski definition) is 0. The molecular weight excluding hydrogens is 292 g/mol. The first-order valence-electron chi connectivity index (χ1n) is 5.67. The summed E-state index contributed by atoms with van der Waals surface area (Å²) in [7, 11) is 0. The lowest BCUT2D eigenvalue weighted by Gasteiger charge is -2.09. The largest absolute Gasteiger partial charge is 0.286 e. The lowest BCUT2D eigenvalue weighted by Crippen LogP contribution is -2.22. The summed E-state index contributed by atoms with van der Waals surface area (Å²) in [5.74, 6) is 0.722. The van der Waals surface area contributed by atoms with Gasteiger partial charge in [0, 0.05) is 0 Å². The van der Waals surface area contributed by atoms with Gasteiger partial charge in [-0.15, -0.1) is 0 Å². The van der Waals surface area contributed by atoms with Crippen LogP contribution in [0.3, 0.4) is 0 Å². The van der Waals surface area contributed by atoms with Crippen molar-refractivity contribution in [2.75, 3.05) is 0 Å². The van der Waals surface area contributed by atoms with Gasteiger partial charge in [0.2, 0.25) is 0 Å². The number of fused-ring (bicyclic) bond motifs is 3. The minimum Gasteiger partial charge on any atom is -0.286 e. The Morgan fingerprint density at radius 1 is 1.22 bits per heavy atom. The summed E-state index contributed by atoms with van der Waals surface area (Å²) in [6.07, 6.45) is 0. The van der Waals surface area contributed by atoms with E-state index in [9.17, 15) is 4.79 Å². The van der Waals surface area contributed by atoms with Crippen molar-refractivity contribution in [1.82, 2.24) is 9.55 Å². The highest BCUT2D eigenvalue weighted by Gasteiger charge is 2.09. The fourth-order valence-electron chi connectivity index (χ4n) is 2.24. The van der Waals surface area contributed by atoms with Gasteiger partial charge in [0.1, 0.15) is 5.82 Å². The zero-order chi connectivity index (χ0) is 12.7. The van der Waals surface area contributed by atoms with Gasteiger partial charge in [-0.05, 0) is 23.8 Å². The molecule has 1 aromatic heterocycles. The summed E-state index contributed by atoms with van der Waals surface area (Å²) >= 11 is 3.33. The summed E-state index contributed by atoms with van der Waals surface area (Å²) in [5.41, 5.74) is 1.23. The third-order valence-electron chi connectivity index (χ3n) is 3.16. The van der Waals surface area contributed by atoms with Crippen LogP contribution < -0.4 is 5.56 Å². The van der Waals surface area contributed by atoms with Crippen molar-refractivity contribution in [2.45, 2.75) is 12.4 Å². The number of hydrogen-bond acceptors (Lipinski definition) is 2. The molecule has 3 nitrogen and oxygen atoms in total. The number of alkyl halides is 1. The molecule has 0 atom stereocenters. The van der Waals surface area contributed by atoms with Gasteiger partial charge in [0.05, 0.1) is 16.4 Å². The van der Waals surface area contributed by atoms with Crippen LogP contribution >= 0.6 is 15.9 Å². The van der Waals surface area contributed by atoms with Crippen molar-refractivity contribution in [3.05, 3.63) is 52.6 Å². The Bertz CT molecular complexity index is 808. The molecule has 0 fully saturated rings. The molecule has 3 aromatic rings. The number of nitrogens with zero attached hydrogens (tertiary/aromatic N) is 2. The normalized spacial score (nSPS) is 11.2. The maximum atomic E-state index is 12.5. The number of rotatable bonds is 1. The lowest BCUT2D eigenvalue weighted by molar-refractivity contribution is 0.785. The highest BCUT2D eigenvalue weighted by atomic mass is 79.9. The quantitative estimate of drug-likeness (QED) is 0.511. The van der Waals surface area contributed by atoms with Gasteiger partial charge in [-0.25, -0.2) is 4.98 Å². The van der Waals surface area contributed by atoms with Crippen LogP contribution in [0, 0.1) is 6.92 Å². The predicted octanol–water partition coefficient (Wildman–Crippen LogP) is 3.21. The maximum Gasteiger partial charge on any atom is 0.262 e. The van der Waals surface area contributed by atoms with Crippen molar-refractivity contribution in [3.63, 3.8) is 0 Å². The standard InChI is InChI=1S/C14H11BrN2O/c1-9-16-12-7-6-10-4-2-3-5-11(10)13(12)14(18)17(9)8-15/h2-7H,8H2,1H3. The molecule has 0 unspecified atom stereocenters. The van der Waals surface area contributed by atoms with E-state index in [1.54, 1.807) is 4.57 Å². The Hall–Kier alpha value is -1.68. The van der Waals surface area contributed by atoms with Gasteiger partial charge in [-0.2, -0.15) is 0 Å². The molecule has 0 radical (unpaired) electrons. The predicted molar refractivity (Wildman–Crippen MR) is 77.2 cm³/mol. The van der Waals surface area contributed by atoms with Crippen LogP contribution in [0.2, 0.25) is 0 Å². The summed E-state index contributed by atoms with van der Waals surface area (Å²) in [4.78, 5) is 17.0. The van der Waals surface area contributed by atoms with E-state index in [4.69, 9.17) is 0 Å². The van der Waals surface area contributed by atoms with Crippen molar-refractivity contribution in [1.29, 1.82) is 0 Å². The highest BCUT2D eigenvalue weighted by molar-refractivity contribution is 9.08. The molecule has 0 bridgehead atoms. The van der Waals surface area contributed by atoms with Gasteiger partial charge in [0.25, 0.3) is 5.56 Å². The second-order valence-corrected chi connectivity index (χ2v) is 4.69. The zero-order valence-electron chi connectivity index (χ0n) is 9.85. The molecule has 0 saturated carbocycles. The summed E-state index contributed by atoms with van der Waals surface area (Å²) in [6, 6.07) is 11.8. The van der Waals surface area contributed by atoms with Gasteiger partial charge in [0.15, 0.2) is 0 Å². The minimum atomic E-state index is 0.00572. The van der Waals surface area contributed by atoms with Gasteiger partial charge < -0.3 is 0 Å².